The zero-order valence-corrected chi connectivity index (χ0v) is 15.3. The SMILES string of the molecule is CCCCCC[C@@H](NC(=O)c1cc(C(F)(F)F)cc(C(F)(F)F)c1)C(=O)OC. The number of ether oxygens (including phenoxy) is 1. The van der Waals surface area contributed by atoms with Crippen molar-refractivity contribution < 1.29 is 40.7 Å². The molecule has 0 unspecified atom stereocenters. The van der Waals surface area contributed by atoms with Gasteiger partial charge in [0, 0.05) is 5.56 Å². The number of carbonyl (C=O) groups is 2. The van der Waals surface area contributed by atoms with E-state index in [2.05, 4.69) is 10.1 Å². The van der Waals surface area contributed by atoms with Crippen LogP contribution in [0.2, 0.25) is 0 Å². The van der Waals surface area contributed by atoms with Gasteiger partial charge in [-0.3, -0.25) is 4.79 Å². The number of hydrogen-bond donors (Lipinski definition) is 1. The van der Waals surface area contributed by atoms with Crippen LogP contribution in [0.4, 0.5) is 26.3 Å². The molecule has 28 heavy (non-hydrogen) atoms. The molecule has 0 aliphatic rings. The fraction of sp³-hybridized carbons (Fsp3) is 0.556. The maximum atomic E-state index is 12.9. The van der Waals surface area contributed by atoms with Crippen LogP contribution in [0, 0.1) is 0 Å². The fourth-order valence-electron chi connectivity index (χ4n) is 2.49. The van der Waals surface area contributed by atoms with Crippen LogP contribution in [0.3, 0.4) is 0 Å². The number of benzene rings is 1. The lowest BCUT2D eigenvalue weighted by molar-refractivity contribution is -0.144. The summed E-state index contributed by atoms with van der Waals surface area (Å²) in [5.74, 6) is -2.05. The summed E-state index contributed by atoms with van der Waals surface area (Å²) >= 11 is 0. The molecule has 1 N–H and O–H groups in total. The standard InChI is InChI=1S/C18H21F6NO3/c1-3-4-5-6-7-14(16(27)28-2)25-15(26)11-8-12(17(19,20)21)10-13(9-11)18(22,23)24/h8-10,14H,3-7H2,1-2H3,(H,25,26)/t14-/m1/s1. The molecule has 0 radical (unpaired) electrons. The van der Waals surface area contributed by atoms with E-state index >= 15 is 0 Å². The molecule has 4 nitrogen and oxygen atoms in total. The Hall–Kier alpha value is -2.26. The quantitative estimate of drug-likeness (QED) is 0.372. The summed E-state index contributed by atoms with van der Waals surface area (Å²) in [6.07, 6.45) is -6.91. The van der Waals surface area contributed by atoms with Crippen molar-refractivity contribution in [2.24, 2.45) is 0 Å². The van der Waals surface area contributed by atoms with Gasteiger partial charge in [-0.15, -0.1) is 0 Å². The summed E-state index contributed by atoms with van der Waals surface area (Å²) in [5, 5.41) is 2.17. The van der Waals surface area contributed by atoms with E-state index in [0.717, 1.165) is 26.4 Å². The lowest BCUT2D eigenvalue weighted by Crippen LogP contribution is -2.41. The summed E-state index contributed by atoms with van der Waals surface area (Å²) < 4.78 is 82.0. The van der Waals surface area contributed by atoms with Crippen LogP contribution in [0.1, 0.15) is 60.5 Å². The van der Waals surface area contributed by atoms with Crippen LogP contribution in [-0.2, 0) is 21.9 Å². The molecule has 0 heterocycles. The molecule has 0 aromatic heterocycles. The number of hydrogen-bond acceptors (Lipinski definition) is 3. The van der Waals surface area contributed by atoms with Gasteiger partial charge in [0.05, 0.1) is 18.2 Å². The van der Waals surface area contributed by atoms with Gasteiger partial charge in [0.15, 0.2) is 0 Å². The first kappa shape index (κ1) is 23.8. The highest BCUT2D eigenvalue weighted by Gasteiger charge is 2.37. The number of amides is 1. The maximum Gasteiger partial charge on any atom is 0.416 e. The van der Waals surface area contributed by atoms with Gasteiger partial charge in [-0.1, -0.05) is 32.6 Å². The van der Waals surface area contributed by atoms with Crippen molar-refractivity contribution in [3.63, 3.8) is 0 Å². The summed E-state index contributed by atoms with van der Waals surface area (Å²) in [6.45, 7) is 1.96. The van der Waals surface area contributed by atoms with Crippen LogP contribution >= 0.6 is 0 Å². The number of rotatable bonds is 8. The molecule has 0 fully saturated rings. The van der Waals surface area contributed by atoms with Crippen molar-refractivity contribution in [1.29, 1.82) is 0 Å². The summed E-state index contributed by atoms with van der Waals surface area (Å²) in [6, 6.07) is -0.607. The third-order valence-corrected chi connectivity index (χ3v) is 3.99. The molecule has 10 heteroatoms. The number of alkyl halides is 6. The first-order chi connectivity index (χ1) is 12.9. The van der Waals surface area contributed by atoms with E-state index in [1.807, 2.05) is 6.92 Å². The monoisotopic (exact) mass is 413 g/mol. The lowest BCUT2D eigenvalue weighted by atomic mass is 10.0. The number of halogens is 6. The minimum Gasteiger partial charge on any atom is -0.467 e. The van der Waals surface area contributed by atoms with Crippen molar-refractivity contribution >= 4 is 11.9 Å². The Labute approximate surface area is 158 Å². The Balaban J connectivity index is 3.11. The van der Waals surface area contributed by atoms with Gasteiger partial charge in [0.1, 0.15) is 6.04 Å². The molecular formula is C18H21F6NO3. The molecule has 1 aromatic rings. The average molecular weight is 413 g/mol. The first-order valence-electron chi connectivity index (χ1n) is 8.58. The Kier molecular flexibility index (Phi) is 8.31. The average Bonchev–Trinajstić information content (AvgIpc) is 2.61. The van der Waals surface area contributed by atoms with Gasteiger partial charge in [0.2, 0.25) is 0 Å². The van der Waals surface area contributed by atoms with E-state index in [4.69, 9.17) is 0 Å². The van der Waals surface area contributed by atoms with Crippen molar-refractivity contribution in [3.8, 4) is 0 Å². The molecule has 1 atom stereocenters. The van der Waals surface area contributed by atoms with Crippen LogP contribution in [0.15, 0.2) is 18.2 Å². The predicted octanol–water partition coefficient (Wildman–Crippen LogP) is 4.97. The highest BCUT2D eigenvalue weighted by molar-refractivity contribution is 5.97. The Bertz CT molecular complexity index is 653. The Morgan fingerprint density at radius 1 is 0.964 bits per heavy atom. The molecule has 1 aromatic carbocycles. The summed E-state index contributed by atoms with van der Waals surface area (Å²) in [4.78, 5) is 24.1. The molecule has 0 saturated heterocycles. The molecular weight excluding hydrogens is 392 g/mol. The zero-order chi connectivity index (χ0) is 21.5. The minimum atomic E-state index is -5.07. The molecule has 1 amide bonds. The summed E-state index contributed by atoms with van der Waals surface area (Å²) in [7, 11) is 1.07. The van der Waals surface area contributed by atoms with E-state index in [9.17, 15) is 35.9 Å². The number of nitrogens with one attached hydrogen (secondary N) is 1. The second kappa shape index (κ2) is 9.79. The van der Waals surface area contributed by atoms with Gasteiger partial charge in [-0.2, -0.15) is 26.3 Å². The minimum absolute atomic E-state index is 0.0701. The van der Waals surface area contributed by atoms with Gasteiger partial charge in [-0.05, 0) is 24.6 Å². The normalized spacial score (nSPS) is 13.1. The highest BCUT2D eigenvalue weighted by Crippen LogP contribution is 2.36. The largest absolute Gasteiger partial charge is 0.467 e. The molecule has 158 valence electrons. The molecule has 0 saturated carbocycles. The van der Waals surface area contributed by atoms with Gasteiger partial charge < -0.3 is 10.1 Å². The third kappa shape index (κ3) is 7.05. The Morgan fingerprint density at radius 3 is 1.93 bits per heavy atom. The number of carbonyl (C=O) groups excluding carboxylic acids is 2. The van der Waals surface area contributed by atoms with E-state index in [1.165, 1.54) is 0 Å². The van der Waals surface area contributed by atoms with E-state index in [0.29, 0.717) is 18.6 Å². The highest BCUT2D eigenvalue weighted by atomic mass is 19.4. The topological polar surface area (TPSA) is 55.4 Å². The predicted molar refractivity (Wildman–Crippen MR) is 88.5 cm³/mol. The van der Waals surface area contributed by atoms with Crippen molar-refractivity contribution in [3.05, 3.63) is 34.9 Å². The van der Waals surface area contributed by atoms with Crippen LogP contribution in [0.25, 0.3) is 0 Å². The number of esters is 1. The maximum absolute atomic E-state index is 12.9. The second-order valence-electron chi connectivity index (χ2n) is 6.19. The van der Waals surface area contributed by atoms with E-state index < -0.39 is 47.0 Å². The molecule has 0 aliphatic heterocycles. The third-order valence-electron chi connectivity index (χ3n) is 3.99. The number of unbranched alkanes of at least 4 members (excludes halogenated alkanes) is 3. The number of methoxy groups -OCH3 is 1. The van der Waals surface area contributed by atoms with Crippen molar-refractivity contribution in [2.45, 2.75) is 57.4 Å². The van der Waals surface area contributed by atoms with Crippen LogP contribution in [-0.4, -0.2) is 25.0 Å². The smallest absolute Gasteiger partial charge is 0.416 e. The van der Waals surface area contributed by atoms with E-state index in [1.54, 1.807) is 0 Å². The molecule has 0 spiro atoms. The lowest BCUT2D eigenvalue weighted by Gasteiger charge is -2.18. The van der Waals surface area contributed by atoms with Gasteiger partial charge >= 0.3 is 18.3 Å². The first-order valence-corrected chi connectivity index (χ1v) is 8.58. The van der Waals surface area contributed by atoms with Gasteiger partial charge in [0.25, 0.3) is 5.91 Å². The van der Waals surface area contributed by atoms with Crippen molar-refractivity contribution in [2.75, 3.05) is 7.11 Å². The molecule has 1 rings (SSSR count). The molecule has 0 aliphatic carbocycles. The molecule has 0 bridgehead atoms. The van der Waals surface area contributed by atoms with Crippen LogP contribution < -0.4 is 5.32 Å². The summed E-state index contributed by atoms with van der Waals surface area (Å²) in [5.41, 5.74) is -4.06. The zero-order valence-electron chi connectivity index (χ0n) is 15.3. The fourth-order valence-corrected chi connectivity index (χ4v) is 2.49. The van der Waals surface area contributed by atoms with Gasteiger partial charge in [-0.25, -0.2) is 4.79 Å². The van der Waals surface area contributed by atoms with Crippen LogP contribution in [0.5, 0.6) is 0 Å². The Morgan fingerprint density at radius 2 is 1.50 bits per heavy atom. The second-order valence-corrected chi connectivity index (χ2v) is 6.19. The van der Waals surface area contributed by atoms with E-state index in [-0.39, 0.29) is 12.5 Å². The van der Waals surface area contributed by atoms with Crippen molar-refractivity contribution in [1.82, 2.24) is 5.32 Å².